The van der Waals surface area contributed by atoms with Gasteiger partial charge in [-0.05, 0) is 51.2 Å². The molecule has 0 spiro atoms. The van der Waals surface area contributed by atoms with Gasteiger partial charge in [0.25, 0.3) is 0 Å². The first-order valence-corrected chi connectivity index (χ1v) is 9.89. The highest BCUT2D eigenvalue weighted by atomic mass is 16.5. The molecule has 154 valence electrons. The minimum atomic E-state index is -1.18. The summed E-state index contributed by atoms with van der Waals surface area (Å²) < 4.78 is 11.5. The van der Waals surface area contributed by atoms with E-state index in [1.54, 1.807) is 38.4 Å². The molecule has 0 radical (unpaired) electrons. The van der Waals surface area contributed by atoms with Gasteiger partial charge in [0.2, 0.25) is 0 Å². The molecule has 29 heavy (non-hydrogen) atoms. The van der Waals surface area contributed by atoms with Crippen LogP contribution in [0.3, 0.4) is 0 Å². The molecule has 2 aromatic rings. The molecule has 5 atom stereocenters. The lowest BCUT2D eigenvalue weighted by Crippen LogP contribution is -2.62. The number of hydrogen-bond acceptors (Lipinski definition) is 7. The molecule has 3 heterocycles. The number of aliphatic hydroxyl groups excluding tert-OH is 1. The molecule has 0 saturated heterocycles. The Hall–Kier alpha value is -2.51. The molecule has 2 aliphatic rings. The smallest absolute Gasteiger partial charge is 0.351 e. The second-order valence-electron chi connectivity index (χ2n) is 8.48. The van der Waals surface area contributed by atoms with Crippen LogP contribution in [-0.2, 0) is 0 Å². The van der Waals surface area contributed by atoms with Crippen LogP contribution in [0.1, 0.15) is 50.4 Å². The first-order chi connectivity index (χ1) is 13.7. The third-order valence-corrected chi connectivity index (χ3v) is 6.73. The topological polar surface area (TPSA) is 110 Å². The number of carbonyl (C=O) groups is 1. The number of aliphatic hydroxyl groups is 2. The first-order valence-electron chi connectivity index (χ1n) is 9.89. The number of ether oxygens (including phenoxy) is 1. The van der Waals surface area contributed by atoms with E-state index in [1.807, 2.05) is 6.92 Å². The number of pyridine rings is 1. The Morgan fingerprint density at radius 2 is 2.10 bits per heavy atom. The van der Waals surface area contributed by atoms with Crippen LogP contribution in [0.5, 0.6) is 5.75 Å². The van der Waals surface area contributed by atoms with E-state index in [1.165, 1.54) is 6.07 Å². The second-order valence-corrected chi connectivity index (χ2v) is 8.48. The van der Waals surface area contributed by atoms with Gasteiger partial charge in [-0.15, -0.1) is 0 Å². The quantitative estimate of drug-likeness (QED) is 0.816. The third-order valence-electron chi connectivity index (χ3n) is 6.73. The summed E-state index contributed by atoms with van der Waals surface area (Å²) in [4.78, 5) is 30.0. The van der Waals surface area contributed by atoms with Crippen molar-refractivity contribution in [2.45, 2.75) is 57.3 Å². The standard InChI is InChI=1S/C22H25NO6/c1-4-21(2,27)13-8-14-19(25)18-16(29-22(14,3)17(24)9-13)10-15(28-20(18)26)12-6-5-7-23-11-12/h5-7,10-11,13-14,17,24,27H,4,8-9H2,1-3H3/t13-,14-,17-,21+,22-/m1/s1. The van der Waals surface area contributed by atoms with E-state index >= 15 is 0 Å². The van der Waals surface area contributed by atoms with Crippen molar-refractivity contribution in [2.24, 2.45) is 11.8 Å². The number of rotatable bonds is 3. The summed E-state index contributed by atoms with van der Waals surface area (Å²) in [7, 11) is 0. The number of hydrogen-bond donors (Lipinski definition) is 2. The van der Waals surface area contributed by atoms with E-state index < -0.39 is 34.6 Å². The van der Waals surface area contributed by atoms with E-state index in [4.69, 9.17) is 9.15 Å². The van der Waals surface area contributed by atoms with Crippen molar-refractivity contribution in [1.82, 2.24) is 4.98 Å². The minimum Gasteiger partial charge on any atom is -0.483 e. The van der Waals surface area contributed by atoms with Gasteiger partial charge in [0.05, 0.1) is 17.6 Å². The summed E-state index contributed by atoms with van der Waals surface area (Å²) in [5, 5.41) is 21.6. The Balaban J connectivity index is 1.78. The van der Waals surface area contributed by atoms with Gasteiger partial charge in [-0.3, -0.25) is 9.78 Å². The molecule has 0 amide bonds. The van der Waals surface area contributed by atoms with Crippen LogP contribution < -0.4 is 10.4 Å². The predicted molar refractivity (Wildman–Crippen MR) is 105 cm³/mol. The van der Waals surface area contributed by atoms with Crippen molar-refractivity contribution in [3.8, 4) is 17.1 Å². The van der Waals surface area contributed by atoms with Gasteiger partial charge in [-0.1, -0.05) is 6.92 Å². The Labute approximate surface area is 168 Å². The molecule has 7 nitrogen and oxygen atoms in total. The summed E-state index contributed by atoms with van der Waals surface area (Å²) in [5.74, 6) is -1.07. The molecule has 1 fully saturated rings. The maximum absolute atomic E-state index is 13.3. The highest BCUT2D eigenvalue weighted by Crippen LogP contribution is 2.49. The minimum absolute atomic E-state index is 0.114. The van der Waals surface area contributed by atoms with Gasteiger partial charge in [0, 0.05) is 24.0 Å². The van der Waals surface area contributed by atoms with E-state index in [2.05, 4.69) is 4.98 Å². The Morgan fingerprint density at radius 3 is 2.76 bits per heavy atom. The molecule has 2 aromatic heterocycles. The summed E-state index contributed by atoms with van der Waals surface area (Å²) in [6.07, 6.45) is 3.33. The maximum atomic E-state index is 13.3. The Bertz CT molecular complexity index is 998. The average Bonchev–Trinajstić information content (AvgIpc) is 2.69. The molecular weight excluding hydrogens is 374 g/mol. The van der Waals surface area contributed by atoms with Gasteiger partial charge in [-0.25, -0.2) is 4.79 Å². The summed E-state index contributed by atoms with van der Waals surface area (Å²) >= 11 is 0. The van der Waals surface area contributed by atoms with Crippen LogP contribution in [-0.4, -0.2) is 38.3 Å². The molecule has 0 aromatic carbocycles. The van der Waals surface area contributed by atoms with Crippen molar-refractivity contribution in [2.75, 3.05) is 0 Å². The van der Waals surface area contributed by atoms with Crippen LogP contribution in [0.15, 0.2) is 39.8 Å². The van der Waals surface area contributed by atoms with Crippen molar-refractivity contribution in [3.05, 3.63) is 46.6 Å². The van der Waals surface area contributed by atoms with Gasteiger partial charge in [0.1, 0.15) is 22.7 Å². The van der Waals surface area contributed by atoms with Crippen molar-refractivity contribution in [1.29, 1.82) is 0 Å². The van der Waals surface area contributed by atoms with Crippen LogP contribution >= 0.6 is 0 Å². The predicted octanol–water partition coefficient (Wildman–Crippen LogP) is 2.58. The average molecular weight is 399 g/mol. The second kappa shape index (κ2) is 6.78. The van der Waals surface area contributed by atoms with Gasteiger partial charge in [0.15, 0.2) is 5.78 Å². The maximum Gasteiger partial charge on any atom is 0.351 e. The molecule has 7 heteroatoms. The first kappa shape index (κ1) is 19.8. The van der Waals surface area contributed by atoms with E-state index in [0.29, 0.717) is 24.8 Å². The number of fused-ring (bicyclic) bond motifs is 2. The molecule has 2 N–H and O–H groups in total. The molecule has 1 saturated carbocycles. The highest BCUT2D eigenvalue weighted by Gasteiger charge is 2.57. The van der Waals surface area contributed by atoms with Crippen molar-refractivity contribution >= 4 is 5.78 Å². The molecular formula is C22H25NO6. The van der Waals surface area contributed by atoms with E-state index in [9.17, 15) is 19.8 Å². The summed E-state index contributed by atoms with van der Waals surface area (Å²) in [6, 6.07) is 4.95. The number of aromatic nitrogens is 1. The van der Waals surface area contributed by atoms with Gasteiger partial charge in [-0.2, -0.15) is 0 Å². The molecule has 0 unspecified atom stereocenters. The fraction of sp³-hybridized carbons (Fsp3) is 0.500. The van der Waals surface area contributed by atoms with E-state index in [-0.39, 0.29) is 23.0 Å². The summed E-state index contributed by atoms with van der Waals surface area (Å²) in [6.45, 7) is 5.27. The fourth-order valence-corrected chi connectivity index (χ4v) is 4.49. The Morgan fingerprint density at radius 1 is 1.34 bits per heavy atom. The van der Waals surface area contributed by atoms with E-state index in [0.717, 1.165) is 0 Å². The summed E-state index contributed by atoms with van der Waals surface area (Å²) in [5.41, 5.74) is -2.52. The largest absolute Gasteiger partial charge is 0.483 e. The zero-order chi connectivity index (χ0) is 21.0. The Kier molecular flexibility index (Phi) is 4.63. The lowest BCUT2D eigenvalue weighted by Gasteiger charge is -2.51. The molecule has 1 aliphatic carbocycles. The normalized spacial score (nSPS) is 30.7. The number of carbonyl (C=O) groups excluding carboxylic acids is 1. The lowest BCUT2D eigenvalue weighted by molar-refractivity contribution is -0.142. The SMILES string of the molecule is CC[C@](C)(O)[C@H]1C[C@@H](O)[C@]2(C)Oc3cc(-c4cccnc4)oc(=O)c3C(=O)[C@H]2C1. The van der Waals surface area contributed by atoms with Crippen molar-refractivity contribution in [3.63, 3.8) is 0 Å². The van der Waals surface area contributed by atoms with Crippen molar-refractivity contribution < 1.29 is 24.2 Å². The highest BCUT2D eigenvalue weighted by molar-refractivity contribution is 6.02. The van der Waals surface area contributed by atoms with Crippen LogP contribution in [0.4, 0.5) is 0 Å². The fourth-order valence-electron chi connectivity index (χ4n) is 4.49. The van der Waals surface area contributed by atoms with Crippen LogP contribution in [0.2, 0.25) is 0 Å². The van der Waals surface area contributed by atoms with Crippen LogP contribution in [0.25, 0.3) is 11.3 Å². The zero-order valence-electron chi connectivity index (χ0n) is 16.7. The van der Waals surface area contributed by atoms with Crippen LogP contribution in [0, 0.1) is 11.8 Å². The molecule has 1 aliphatic heterocycles. The van der Waals surface area contributed by atoms with Gasteiger partial charge >= 0.3 is 5.63 Å². The number of Topliss-reactive ketones (excluding diaryl/α,β-unsaturated/α-hetero) is 1. The number of nitrogens with zero attached hydrogens (tertiary/aromatic N) is 1. The number of ketones is 1. The van der Waals surface area contributed by atoms with Gasteiger partial charge < -0.3 is 19.4 Å². The lowest BCUT2D eigenvalue weighted by atomic mass is 9.62. The zero-order valence-corrected chi connectivity index (χ0v) is 16.7. The molecule has 4 rings (SSSR count). The monoisotopic (exact) mass is 399 g/mol. The third kappa shape index (κ3) is 3.09. The molecule has 0 bridgehead atoms.